The number of nitro benzene ring substituents is 1. The Labute approximate surface area is 232 Å². The lowest BCUT2D eigenvalue weighted by Crippen LogP contribution is -2.18. The van der Waals surface area contributed by atoms with Crippen molar-refractivity contribution >= 4 is 55.3 Å². The van der Waals surface area contributed by atoms with Crippen LogP contribution in [0.2, 0.25) is 0 Å². The van der Waals surface area contributed by atoms with Crippen LogP contribution < -0.4 is 10.6 Å². The van der Waals surface area contributed by atoms with Gasteiger partial charge in [-0.15, -0.1) is 0 Å². The number of hydrogen-bond donors (Lipinski definition) is 0. The first kappa shape index (κ1) is 23.3. The lowest BCUT2D eigenvalue weighted by Gasteiger charge is -2.23. The largest absolute Gasteiger partial charge is 0.269 e. The van der Waals surface area contributed by atoms with Crippen molar-refractivity contribution in [2.75, 3.05) is 5.01 Å². The maximum atomic E-state index is 13.8. The molecule has 0 unspecified atom stereocenters. The predicted octanol–water partition coefficient (Wildman–Crippen LogP) is 6.86. The lowest BCUT2D eigenvalue weighted by molar-refractivity contribution is -0.384. The van der Waals surface area contributed by atoms with Gasteiger partial charge in [0.1, 0.15) is 5.65 Å². The predicted molar refractivity (Wildman–Crippen MR) is 161 cm³/mol. The molecule has 1 aliphatic rings. The first-order valence-corrected chi connectivity index (χ1v) is 13.3. The van der Waals surface area contributed by atoms with Crippen LogP contribution in [0.25, 0.3) is 38.2 Å². The van der Waals surface area contributed by atoms with E-state index in [1.807, 2.05) is 77.8 Å². The average Bonchev–Trinajstić information content (AvgIpc) is 3.63. The van der Waals surface area contributed by atoms with Crippen molar-refractivity contribution in [3.63, 3.8) is 0 Å². The Balaban J connectivity index is 1.34. The number of nitrogens with zero attached hydrogens (tertiary/aromatic N) is 5. The van der Waals surface area contributed by atoms with Crippen molar-refractivity contribution in [3.8, 4) is 0 Å². The fourth-order valence-electron chi connectivity index (χ4n) is 6.13. The number of fused-ring (bicyclic) bond motifs is 4. The Hall–Kier alpha value is -5.63. The van der Waals surface area contributed by atoms with Crippen LogP contribution in [0.3, 0.4) is 0 Å². The van der Waals surface area contributed by atoms with E-state index >= 15 is 0 Å². The van der Waals surface area contributed by atoms with Gasteiger partial charge in [-0.05, 0) is 41.3 Å². The van der Waals surface area contributed by atoms with Crippen molar-refractivity contribution in [3.05, 3.63) is 141 Å². The molecule has 0 fully saturated rings. The normalized spacial score (nSPS) is 15.4. The number of nitro groups is 1. The summed E-state index contributed by atoms with van der Waals surface area (Å²) in [6.07, 6.45) is 0.631. The molecule has 0 bridgehead atoms. The SMILES string of the molecule is O=c1c2ccc(C3=NN(c4ccc([N+](=O)[O-])cc4)[C@@H](c4ccccc4)C3)c3cccc(c32)c2nc3ccccc3n12. The molecule has 1 atom stereocenters. The van der Waals surface area contributed by atoms with E-state index in [2.05, 4.69) is 12.1 Å². The molecule has 0 N–H and O–H groups in total. The van der Waals surface area contributed by atoms with E-state index in [1.165, 1.54) is 12.1 Å². The first-order chi connectivity index (χ1) is 20.1. The summed E-state index contributed by atoms with van der Waals surface area (Å²) in [5.41, 5.74) is 5.87. The minimum absolute atomic E-state index is 0.0349. The Morgan fingerprint density at radius 2 is 1.54 bits per heavy atom. The molecule has 8 rings (SSSR count). The van der Waals surface area contributed by atoms with E-state index in [-0.39, 0.29) is 17.3 Å². The minimum Gasteiger partial charge on any atom is -0.268 e. The monoisotopic (exact) mass is 535 g/mol. The second kappa shape index (κ2) is 8.69. The van der Waals surface area contributed by atoms with Crippen LogP contribution in [-0.2, 0) is 0 Å². The molecule has 0 spiro atoms. The number of rotatable bonds is 4. The summed E-state index contributed by atoms with van der Waals surface area (Å²) >= 11 is 0. The van der Waals surface area contributed by atoms with E-state index in [9.17, 15) is 14.9 Å². The summed E-state index contributed by atoms with van der Waals surface area (Å²) in [6.45, 7) is 0. The minimum atomic E-state index is -0.401. The fraction of sp³-hybridized carbons (Fsp3) is 0.0606. The van der Waals surface area contributed by atoms with Gasteiger partial charge >= 0.3 is 0 Å². The molecule has 3 heterocycles. The zero-order valence-corrected chi connectivity index (χ0v) is 21.6. The first-order valence-electron chi connectivity index (χ1n) is 13.3. The van der Waals surface area contributed by atoms with Crippen LogP contribution in [-0.4, -0.2) is 20.0 Å². The maximum absolute atomic E-state index is 13.8. The molecule has 7 aromatic rings. The third-order valence-corrected chi connectivity index (χ3v) is 8.01. The van der Waals surface area contributed by atoms with E-state index in [4.69, 9.17) is 10.1 Å². The number of aromatic nitrogens is 2. The molecule has 0 amide bonds. The summed E-state index contributed by atoms with van der Waals surface area (Å²) < 4.78 is 1.71. The van der Waals surface area contributed by atoms with Gasteiger partial charge in [0.15, 0.2) is 0 Å². The number of imidazole rings is 1. The molecule has 41 heavy (non-hydrogen) atoms. The molecule has 0 saturated heterocycles. The number of pyridine rings is 1. The maximum Gasteiger partial charge on any atom is 0.269 e. The number of para-hydroxylation sites is 2. The van der Waals surface area contributed by atoms with E-state index in [1.54, 1.807) is 16.5 Å². The van der Waals surface area contributed by atoms with Gasteiger partial charge in [-0.25, -0.2) is 4.98 Å². The zero-order chi connectivity index (χ0) is 27.7. The van der Waals surface area contributed by atoms with E-state index < -0.39 is 4.92 Å². The number of anilines is 1. The van der Waals surface area contributed by atoms with E-state index in [0.29, 0.717) is 17.5 Å². The molecule has 8 heteroatoms. The molecular formula is C33H21N5O3. The van der Waals surface area contributed by atoms with Gasteiger partial charge in [-0.3, -0.25) is 24.3 Å². The fourth-order valence-corrected chi connectivity index (χ4v) is 6.13. The highest BCUT2D eigenvalue weighted by Gasteiger charge is 2.31. The smallest absolute Gasteiger partial charge is 0.268 e. The highest BCUT2D eigenvalue weighted by Crippen LogP contribution is 2.39. The Kier molecular flexibility index (Phi) is 4.93. The van der Waals surface area contributed by atoms with Gasteiger partial charge < -0.3 is 0 Å². The molecule has 0 radical (unpaired) electrons. The zero-order valence-electron chi connectivity index (χ0n) is 21.6. The van der Waals surface area contributed by atoms with Gasteiger partial charge in [0.25, 0.3) is 11.2 Å². The number of hydrogen-bond acceptors (Lipinski definition) is 6. The van der Waals surface area contributed by atoms with Crippen molar-refractivity contribution in [1.29, 1.82) is 0 Å². The molecule has 0 saturated carbocycles. The molecule has 8 nitrogen and oxygen atoms in total. The second-order valence-electron chi connectivity index (χ2n) is 10.2. The van der Waals surface area contributed by atoms with Crippen LogP contribution in [0.5, 0.6) is 0 Å². The van der Waals surface area contributed by atoms with Gasteiger partial charge in [0.05, 0.1) is 33.4 Å². The topological polar surface area (TPSA) is 93.1 Å². The van der Waals surface area contributed by atoms with Gasteiger partial charge in [0.2, 0.25) is 0 Å². The Morgan fingerprint density at radius 3 is 2.34 bits per heavy atom. The molecule has 196 valence electrons. The van der Waals surface area contributed by atoms with Crippen LogP contribution >= 0.6 is 0 Å². The number of non-ortho nitro benzene ring substituents is 1. The summed E-state index contributed by atoms with van der Waals surface area (Å²) in [5.74, 6) is 0. The molecular weight excluding hydrogens is 514 g/mol. The van der Waals surface area contributed by atoms with Gasteiger partial charge in [-0.1, -0.05) is 66.7 Å². The summed E-state index contributed by atoms with van der Waals surface area (Å²) in [4.78, 5) is 29.5. The molecule has 5 aromatic carbocycles. The van der Waals surface area contributed by atoms with Crippen LogP contribution in [0.4, 0.5) is 11.4 Å². The third kappa shape index (κ3) is 3.44. The average molecular weight is 536 g/mol. The Bertz CT molecular complexity index is 2240. The lowest BCUT2D eigenvalue weighted by atomic mass is 9.92. The third-order valence-electron chi connectivity index (χ3n) is 8.01. The molecule has 0 aliphatic carbocycles. The Morgan fingerprint density at radius 1 is 0.780 bits per heavy atom. The van der Waals surface area contributed by atoms with Crippen LogP contribution in [0.1, 0.15) is 23.6 Å². The molecule has 1 aliphatic heterocycles. The van der Waals surface area contributed by atoms with Crippen LogP contribution in [0, 0.1) is 10.1 Å². The number of benzene rings is 5. The van der Waals surface area contributed by atoms with Crippen molar-refractivity contribution < 1.29 is 4.92 Å². The summed E-state index contributed by atoms with van der Waals surface area (Å²) in [6, 6.07) is 34.2. The van der Waals surface area contributed by atoms with Gasteiger partial charge in [0, 0.05) is 40.3 Å². The standard InChI is InChI=1S/C33H21N5O3/c39-33-26-18-17-23(24-9-6-10-25(31(24)26)32-34-27-11-4-5-12-29(27)36(32)33)28-19-30(20-7-2-1-3-8-20)37(35-28)21-13-15-22(16-14-21)38(40)41/h1-18,30H,19H2/t30-/m1/s1. The van der Waals surface area contributed by atoms with Crippen LogP contribution in [0.15, 0.2) is 119 Å². The van der Waals surface area contributed by atoms with Crippen molar-refractivity contribution in [2.24, 2.45) is 5.10 Å². The van der Waals surface area contributed by atoms with Crippen molar-refractivity contribution in [1.82, 2.24) is 9.38 Å². The van der Waals surface area contributed by atoms with E-state index in [0.717, 1.165) is 49.7 Å². The quantitative estimate of drug-likeness (QED) is 0.181. The number of hydrazone groups is 1. The highest BCUT2D eigenvalue weighted by molar-refractivity contribution is 6.22. The van der Waals surface area contributed by atoms with Gasteiger partial charge in [-0.2, -0.15) is 5.10 Å². The van der Waals surface area contributed by atoms with Crippen molar-refractivity contribution in [2.45, 2.75) is 12.5 Å². The molecule has 2 aromatic heterocycles. The summed E-state index contributed by atoms with van der Waals surface area (Å²) in [7, 11) is 0. The second-order valence-corrected chi connectivity index (χ2v) is 10.2. The summed E-state index contributed by atoms with van der Waals surface area (Å²) in [5, 5.41) is 21.7. The highest BCUT2D eigenvalue weighted by atomic mass is 16.6.